The first kappa shape index (κ1) is 61.4. The summed E-state index contributed by atoms with van der Waals surface area (Å²) >= 11 is 0. The van der Waals surface area contributed by atoms with Gasteiger partial charge < -0.3 is 0 Å². The van der Waals surface area contributed by atoms with E-state index in [0.717, 1.165) is 38.1 Å². The molecular formula is C56H27BF24N2O. The van der Waals surface area contributed by atoms with E-state index in [1.807, 2.05) is 79.1 Å². The van der Waals surface area contributed by atoms with Gasteiger partial charge >= 0.3 is 49.4 Å². The van der Waals surface area contributed by atoms with Crippen LogP contribution in [0.5, 0.6) is 5.75 Å². The van der Waals surface area contributed by atoms with Crippen molar-refractivity contribution in [2.75, 3.05) is 0 Å². The number of hydrogen-bond donors (Lipinski definition) is 0. The summed E-state index contributed by atoms with van der Waals surface area (Å²) < 4.78 is 343. The van der Waals surface area contributed by atoms with Gasteiger partial charge in [0.05, 0.1) is 55.5 Å². The number of hydrogen-bond acceptors (Lipinski definition) is 2. The molecule has 0 spiro atoms. The molecule has 1 aromatic heterocycles. The Morgan fingerprint density at radius 1 is 0.321 bits per heavy atom. The summed E-state index contributed by atoms with van der Waals surface area (Å²) in [6.45, 7) is 0. The van der Waals surface area contributed by atoms with E-state index in [1.54, 1.807) is 4.73 Å². The highest BCUT2D eigenvalue weighted by Crippen LogP contribution is 2.43. The molecule has 0 saturated carbocycles. The molecule has 1 heterocycles. The third-order valence-electron chi connectivity index (χ3n) is 13.3. The number of halogens is 24. The van der Waals surface area contributed by atoms with Gasteiger partial charge in [-0.05, 0) is 35.7 Å². The highest BCUT2D eigenvalue weighted by atomic mass is 19.4. The van der Waals surface area contributed by atoms with E-state index < -0.39 is 195 Å². The van der Waals surface area contributed by atoms with Crippen molar-refractivity contribution in [3.63, 3.8) is 0 Å². The van der Waals surface area contributed by atoms with Crippen LogP contribution in [0.4, 0.5) is 105 Å². The molecule has 0 aliphatic heterocycles. The fourth-order valence-electron chi connectivity index (χ4n) is 9.65. The van der Waals surface area contributed by atoms with Crippen molar-refractivity contribution in [3.8, 4) is 11.8 Å². The van der Waals surface area contributed by atoms with Crippen molar-refractivity contribution in [3.05, 3.63) is 214 Å². The smallest absolute Gasteiger partial charge is 0.230 e. The van der Waals surface area contributed by atoms with Gasteiger partial charge in [-0.25, -0.2) is 4.84 Å². The lowest BCUT2D eigenvalue weighted by Crippen LogP contribution is -2.75. The van der Waals surface area contributed by atoms with Crippen LogP contribution < -0.4 is 31.4 Å². The predicted molar refractivity (Wildman–Crippen MR) is 256 cm³/mol. The van der Waals surface area contributed by atoms with E-state index >= 15 is 0 Å². The summed E-state index contributed by atoms with van der Waals surface area (Å²) in [5.74, 6) is 0.750. The average molecular weight is 1210 g/mol. The molecule has 0 unspecified atom stereocenters. The summed E-state index contributed by atoms with van der Waals surface area (Å²) in [5, 5.41) is 15.6. The van der Waals surface area contributed by atoms with Crippen molar-refractivity contribution >= 4 is 60.3 Å². The summed E-state index contributed by atoms with van der Waals surface area (Å²) in [6, 6.07) is 19.5. The zero-order valence-electron chi connectivity index (χ0n) is 41.0. The Morgan fingerprint density at radius 3 is 0.833 bits per heavy atom. The predicted octanol–water partition coefficient (Wildman–Crippen LogP) is 16.4. The number of aromatic nitrogens is 1. The third kappa shape index (κ3) is 12.5. The molecule has 0 radical (unpaired) electrons. The van der Waals surface area contributed by atoms with Crippen molar-refractivity contribution in [1.29, 1.82) is 5.26 Å². The number of benzene rings is 8. The highest BCUT2D eigenvalue weighted by molar-refractivity contribution is 7.20. The number of fused-ring (bicyclic) bond motifs is 3. The first-order valence-corrected chi connectivity index (χ1v) is 23.4. The zero-order chi connectivity index (χ0) is 62.1. The van der Waals surface area contributed by atoms with Crippen LogP contribution in [0.1, 0.15) is 50.1 Å². The molecule has 84 heavy (non-hydrogen) atoms. The Balaban J connectivity index is 0.000000280. The topological polar surface area (TPSA) is 36.9 Å². The summed E-state index contributed by atoms with van der Waals surface area (Å²) in [5.41, 5.74) is -29.5. The van der Waals surface area contributed by atoms with Gasteiger partial charge in [-0.3, -0.25) is 0 Å². The molecule has 9 rings (SSSR count). The van der Waals surface area contributed by atoms with Crippen LogP contribution >= 0.6 is 0 Å². The standard InChI is InChI=1S/C32H12BF24.C24H15N2O/c34-25(35,36)13-1-14(26(37,38)39)6-21(5-13)33(22-7-15(27(40,41)42)2-16(8-22)28(43,44)45,23-9-17(29(46,47)48)3-18(10-23)30(49,50)51)24-11-19(31(52,53)54)4-20(12-24)32(55,56)57;25-15-23-19-9-3-5-11-21(19)24(22-12-6-4-10-20(22)23)27-26-14-13-17-7-1-2-8-18(17)16-26/h1-12H;1-14,16H/q-1;+1. The summed E-state index contributed by atoms with van der Waals surface area (Å²) in [7, 11) is 0. The Hall–Kier alpha value is -8.64. The van der Waals surface area contributed by atoms with Gasteiger partial charge in [0.25, 0.3) is 0 Å². The largest absolute Gasteiger partial charge is 0.416 e. The summed E-state index contributed by atoms with van der Waals surface area (Å²) in [4.78, 5) is 6.32. The van der Waals surface area contributed by atoms with Gasteiger partial charge in [0.2, 0.25) is 18.1 Å². The fraction of sp³-hybridized carbons (Fsp3) is 0.143. The maximum Gasteiger partial charge on any atom is 0.416 e. The maximum atomic E-state index is 14.2. The molecule has 0 amide bonds. The van der Waals surface area contributed by atoms with Crippen LogP contribution in [0.3, 0.4) is 0 Å². The molecule has 9 aromatic rings. The maximum absolute atomic E-state index is 14.2. The number of nitriles is 1. The lowest BCUT2D eigenvalue weighted by molar-refractivity contribution is -0.873. The van der Waals surface area contributed by atoms with E-state index in [4.69, 9.17) is 4.84 Å². The minimum Gasteiger partial charge on any atom is -0.230 e. The molecular weight excluding hydrogens is 1180 g/mol. The number of nitrogens with zero attached hydrogens (tertiary/aromatic N) is 2. The molecule has 28 heteroatoms. The minimum atomic E-state index is -6.13. The second-order valence-electron chi connectivity index (χ2n) is 18.7. The van der Waals surface area contributed by atoms with Gasteiger partial charge in [-0.2, -0.15) is 132 Å². The van der Waals surface area contributed by atoms with Crippen LogP contribution in [0.2, 0.25) is 0 Å². The SMILES string of the molecule is FC(F)(F)c1cc([B-](c2cc(C(F)(F)F)cc(C(F)(F)F)c2)(c2cc(C(F)(F)F)cc(C(F)(F)F)c2)c2cc(C(F)(F)F)cc(C(F)(F)F)c2)cc(C(F)(F)F)c1.N#Cc1c2ccccc2c(O[n+]2ccc3ccccc3c2)c2ccccc12. The second-order valence-corrected chi connectivity index (χ2v) is 18.7. The number of pyridine rings is 1. The van der Waals surface area contributed by atoms with E-state index in [0.29, 0.717) is 5.56 Å². The molecule has 0 aliphatic rings. The van der Waals surface area contributed by atoms with Crippen molar-refractivity contribution in [2.24, 2.45) is 0 Å². The Bertz CT molecular complexity index is 3540. The van der Waals surface area contributed by atoms with E-state index in [2.05, 4.69) is 18.2 Å². The first-order chi connectivity index (χ1) is 38.6. The lowest BCUT2D eigenvalue weighted by Gasteiger charge is -2.46. The molecule has 0 fully saturated rings. The van der Waals surface area contributed by atoms with Gasteiger partial charge in [0.1, 0.15) is 12.2 Å². The lowest BCUT2D eigenvalue weighted by atomic mass is 9.12. The molecule has 0 atom stereocenters. The number of alkyl halides is 24. The van der Waals surface area contributed by atoms with Gasteiger partial charge in [0.15, 0.2) is 0 Å². The quantitative estimate of drug-likeness (QED) is 0.0720. The molecule has 0 aliphatic carbocycles. The van der Waals surface area contributed by atoms with Crippen molar-refractivity contribution < 1.29 is 115 Å². The minimum absolute atomic E-state index is 0.678. The van der Waals surface area contributed by atoms with E-state index in [9.17, 15) is 111 Å². The average Bonchev–Trinajstić information content (AvgIpc) is 0.776. The fourth-order valence-corrected chi connectivity index (χ4v) is 9.65. The Morgan fingerprint density at radius 2 is 0.571 bits per heavy atom. The van der Waals surface area contributed by atoms with Crippen LogP contribution in [-0.2, 0) is 49.4 Å². The van der Waals surface area contributed by atoms with Crippen LogP contribution in [0.15, 0.2) is 164 Å². The Labute approximate surface area is 455 Å². The monoisotopic (exact) mass is 1210 g/mol. The molecule has 438 valence electrons. The van der Waals surface area contributed by atoms with Gasteiger partial charge in [-0.15, -0.1) is 0 Å². The highest BCUT2D eigenvalue weighted by Gasteiger charge is 2.47. The second kappa shape index (κ2) is 21.2. The van der Waals surface area contributed by atoms with Crippen LogP contribution in [0, 0.1) is 11.3 Å². The first-order valence-electron chi connectivity index (χ1n) is 23.4. The molecule has 0 saturated heterocycles. The summed E-state index contributed by atoms with van der Waals surface area (Å²) in [6.07, 6.45) is -50.9. The molecule has 8 aromatic carbocycles. The van der Waals surface area contributed by atoms with E-state index in [-0.39, 0.29) is 0 Å². The van der Waals surface area contributed by atoms with Crippen molar-refractivity contribution in [2.45, 2.75) is 49.4 Å². The molecule has 0 bridgehead atoms. The van der Waals surface area contributed by atoms with Crippen LogP contribution in [0.25, 0.3) is 32.3 Å². The Kier molecular flexibility index (Phi) is 15.5. The normalized spacial score (nSPS) is 13.2. The van der Waals surface area contributed by atoms with Crippen LogP contribution in [-0.4, -0.2) is 6.15 Å². The van der Waals surface area contributed by atoms with E-state index in [1.165, 1.54) is 0 Å². The number of rotatable bonds is 6. The molecule has 3 nitrogen and oxygen atoms in total. The zero-order valence-corrected chi connectivity index (χ0v) is 41.0. The third-order valence-corrected chi connectivity index (χ3v) is 13.3. The van der Waals surface area contributed by atoms with Crippen molar-refractivity contribution in [1.82, 2.24) is 0 Å². The van der Waals surface area contributed by atoms with Gasteiger partial charge in [0, 0.05) is 32.3 Å². The van der Waals surface area contributed by atoms with Gasteiger partial charge in [-0.1, -0.05) is 115 Å². The molecule has 0 N–H and O–H groups in total.